The zero-order chi connectivity index (χ0) is 14.8. The molecule has 3 aromatic rings. The van der Waals surface area contributed by atoms with Crippen molar-refractivity contribution in [2.75, 3.05) is 14.2 Å². The van der Waals surface area contributed by atoms with Gasteiger partial charge in [-0.05, 0) is 36.5 Å². The smallest absolute Gasteiger partial charge is 0.178 e. The molecule has 0 unspecified atom stereocenters. The molecule has 3 rings (SSSR count). The molecular formula is C16H16N2O2S. The minimum absolute atomic E-state index is 0.649. The molecule has 21 heavy (non-hydrogen) atoms. The summed E-state index contributed by atoms with van der Waals surface area (Å²) in [5, 5.41) is 0. The van der Waals surface area contributed by atoms with Gasteiger partial charge in [-0.25, -0.2) is 0 Å². The van der Waals surface area contributed by atoms with Gasteiger partial charge in [0.1, 0.15) is 11.5 Å². The van der Waals surface area contributed by atoms with Crippen LogP contribution in [0, 0.1) is 4.77 Å². The molecule has 0 saturated carbocycles. The van der Waals surface area contributed by atoms with E-state index in [4.69, 9.17) is 21.7 Å². The molecule has 0 aliphatic heterocycles. The number of H-pyrrole nitrogens is 1. The Morgan fingerprint density at radius 1 is 1.10 bits per heavy atom. The van der Waals surface area contributed by atoms with Crippen LogP contribution < -0.4 is 9.47 Å². The number of benzene rings is 2. The Morgan fingerprint density at radius 2 is 1.90 bits per heavy atom. The van der Waals surface area contributed by atoms with E-state index >= 15 is 0 Å². The lowest BCUT2D eigenvalue weighted by Crippen LogP contribution is -2.02. The van der Waals surface area contributed by atoms with Gasteiger partial charge in [0.15, 0.2) is 4.77 Å². The van der Waals surface area contributed by atoms with E-state index < -0.39 is 0 Å². The van der Waals surface area contributed by atoms with Crippen molar-refractivity contribution in [2.24, 2.45) is 0 Å². The van der Waals surface area contributed by atoms with Crippen molar-refractivity contribution in [1.29, 1.82) is 0 Å². The number of hydrogen-bond donors (Lipinski definition) is 1. The third-order valence-electron chi connectivity index (χ3n) is 3.50. The summed E-state index contributed by atoms with van der Waals surface area (Å²) < 4.78 is 13.4. The van der Waals surface area contributed by atoms with Crippen molar-refractivity contribution in [3.05, 3.63) is 52.8 Å². The van der Waals surface area contributed by atoms with E-state index in [2.05, 4.69) is 15.6 Å². The number of imidazole rings is 1. The first-order valence-corrected chi connectivity index (χ1v) is 7.02. The van der Waals surface area contributed by atoms with Gasteiger partial charge in [-0.15, -0.1) is 0 Å². The predicted molar refractivity (Wildman–Crippen MR) is 85.8 cm³/mol. The van der Waals surface area contributed by atoms with Crippen LogP contribution in [-0.4, -0.2) is 23.8 Å². The van der Waals surface area contributed by atoms with Crippen LogP contribution in [-0.2, 0) is 6.54 Å². The number of nitrogens with one attached hydrogen (secondary N) is 1. The number of rotatable bonds is 4. The second-order valence-electron chi connectivity index (χ2n) is 4.71. The fraction of sp³-hybridized carbons (Fsp3) is 0.188. The van der Waals surface area contributed by atoms with Crippen molar-refractivity contribution < 1.29 is 9.47 Å². The summed E-state index contributed by atoms with van der Waals surface area (Å²) in [5.41, 5.74) is 3.18. The zero-order valence-corrected chi connectivity index (χ0v) is 12.7. The zero-order valence-electron chi connectivity index (χ0n) is 11.9. The number of methoxy groups -OCH3 is 2. The molecule has 4 nitrogen and oxygen atoms in total. The predicted octanol–water partition coefficient (Wildman–Crippen LogP) is 3.76. The van der Waals surface area contributed by atoms with Crippen LogP contribution in [0.4, 0.5) is 0 Å². The first-order valence-electron chi connectivity index (χ1n) is 6.61. The summed E-state index contributed by atoms with van der Waals surface area (Å²) in [5.74, 6) is 1.57. The summed E-state index contributed by atoms with van der Waals surface area (Å²) in [6.45, 7) is 0.649. The van der Waals surface area contributed by atoms with Gasteiger partial charge in [0, 0.05) is 11.6 Å². The molecule has 0 aliphatic rings. The van der Waals surface area contributed by atoms with Crippen molar-refractivity contribution >= 4 is 23.3 Å². The fourth-order valence-electron chi connectivity index (χ4n) is 2.42. The summed E-state index contributed by atoms with van der Waals surface area (Å²) in [6, 6.07) is 13.9. The van der Waals surface area contributed by atoms with Crippen molar-refractivity contribution in [2.45, 2.75) is 6.54 Å². The standard InChI is InChI=1S/C16H16N2O2S/c1-19-12-8-7-11(15(9-12)20-2)10-18-14-6-4-3-5-13(14)17-16(18)21/h3-9H,10H2,1-2H3,(H,17,21). The van der Waals surface area contributed by atoms with Crippen molar-refractivity contribution in [3.8, 4) is 11.5 Å². The maximum atomic E-state index is 5.45. The molecule has 1 N–H and O–H groups in total. The Morgan fingerprint density at radius 3 is 2.67 bits per heavy atom. The average Bonchev–Trinajstić information content (AvgIpc) is 2.83. The number of aromatic amines is 1. The minimum Gasteiger partial charge on any atom is -0.497 e. The average molecular weight is 300 g/mol. The van der Waals surface area contributed by atoms with Gasteiger partial charge in [-0.3, -0.25) is 0 Å². The molecule has 0 spiro atoms. The largest absolute Gasteiger partial charge is 0.497 e. The Labute approximate surface area is 127 Å². The van der Waals surface area contributed by atoms with Crippen LogP contribution >= 0.6 is 12.2 Å². The molecular weight excluding hydrogens is 284 g/mol. The summed E-state index contributed by atoms with van der Waals surface area (Å²) in [6.07, 6.45) is 0. The summed E-state index contributed by atoms with van der Waals surface area (Å²) in [7, 11) is 3.30. The van der Waals surface area contributed by atoms with Crippen LogP contribution in [0.2, 0.25) is 0 Å². The second kappa shape index (κ2) is 5.61. The Kier molecular flexibility index (Phi) is 3.66. The molecule has 0 fully saturated rings. The van der Waals surface area contributed by atoms with Crippen molar-refractivity contribution in [3.63, 3.8) is 0 Å². The maximum Gasteiger partial charge on any atom is 0.178 e. The quantitative estimate of drug-likeness (QED) is 0.746. The lowest BCUT2D eigenvalue weighted by Gasteiger charge is -2.11. The first kappa shape index (κ1) is 13.7. The number of para-hydroxylation sites is 2. The van der Waals surface area contributed by atoms with Crippen LogP contribution in [0.1, 0.15) is 5.56 Å². The Bertz CT molecular complexity index is 836. The minimum atomic E-state index is 0.649. The topological polar surface area (TPSA) is 39.2 Å². The Hall–Kier alpha value is -2.27. The van der Waals surface area contributed by atoms with Gasteiger partial charge in [-0.1, -0.05) is 12.1 Å². The molecule has 0 atom stereocenters. The van der Waals surface area contributed by atoms with E-state index in [1.54, 1.807) is 14.2 Å². The lowest BCUT2D eigenvalue weighted by molar-refractivity contribution is 0.390. The monoisotopic (exact) mass is 300 g/mol. The third-order valence-corrected chi connectivity index (χ3v) is 3.83. The van der Waals surface area contributed by atoms with Crippen molar-refractivity contribution in [1.82, 2.24) is 9.55 Å². The lowest BCUT2D eigenvalue weighted by atomic mass is 10.2. The second-order valence-corrected chi connectivity index (χ2v) is 5.10. The summed E-state index contributed by atoms with van der Waals surface area (Å²) >= 11 is 5.42. The normalized spacial score (nSPS) is 10.8. The molecule has 2 aromatic carbocycles. The summed E-state index contributed by atoms with van der Waals surface area (Å²) in [4.78, 5) is 3.22. The Balaban J connectivity index is 2.06. The van der Waals surface area contributed by atoms with E-state index in [0.717, 1.165) is 28.1 Å². The van der Waals surface area contributed by atoms with Gasteiger partial charge in [-0.2, -0.15) is 0 Å². The highest BCUT2D eigenvalue weighted by Gasteiger charge is 2.09. The van der Waals surface area contributed by atoms with E-state index in [-0.39, 0.29) is 0 Å². The number of hydrogen-bond acceptors (Lipinski definition) is 3. The number of aromatic nitrogens is 2. The third kappa shape index (κ3) is 2.52. The molecule has 1 heterocycles. The maximum absolute atomic E-state index is 5.45. The highest BCUT2D eigenvalue weighted by Crippen LogP contribution is 2.26. The van der Waals surface area contributed by atoms with Gasteiger partial charge >= 0.3 is 0 Å². The SMILES string of the molecule is COc1ccc(Cn2c(=S)[nH]c3ccccc32)c(OC)c1. The van der Waals surface area contributed by atoms with Crippen LogP contribution in [0.15, 0.2) is 42.5 Å². The fourth-order valence-corrected chi connectivity index (χ4v) is 2.69. The van der Waals surface area contributed by atoms with Crippen LogP contribution in [0.25, 0.3) is 11.0 Å². The highest BCUT2D eigenvalue weighted by molar-refractivity contribution is 7.71. The number of nitrogens with zero attached hydrogens (tertiary/aromatic N) is 1. The molecule has 108 valence electrons. The highest BCUT2D eigenvalue weighted by atomic mass is 32.1. The molecule has 5 heteroatoms. The van der Waals surface area contributed by atoms with Gasteiger partial charge in [0.05, 0.1) is 31.8 Å². The molecule has 0 amide bonds. The van der Waals surface area contributed by atoms with Gasteiger partial charge in [0.2, 0.25) is 0 Å². The van der Waals surface area contributed by atoms with Crippen LogP contribution in [0.5, 0.6) is 11.5 Å². The van der Waals surface area contributed by atoms with E-state index in [1.165, 1.54) is 0 Å². The molecule has 1 aromatic heterocycles. The van der Waals surface area contributed by atoms with E-state index in [1.807, 2.05) is 36.4 Å². The number of fused-ring (bicyclic) bond motifs is 1. The first-order chi connectivity index (χ1) is 10.2. The number of ether oxygens (including phenoxy) is 2. The van der Waals surface area contributed by atoms with E-state index in [9.17, 15) is 0 Å². The van der Waals surface area contributed by atoms with Crippen LogP contribution in [0.3, 0.4) is 0 Å². The molecule has 0 bridgehead atoms. The van der Waals surface area contributed by atoms with Gasteiger partial charge < -0.3 is 19.0 Å². The molecule has 0 radical (unpaired) electrons. The van der Waals surface area contributed by atoms with Gasteiger partial charge in [0.25, 0.3) is 0 Å². The molecule has 0 aliphatic carbocycles. The molecule has 0 saturated heterocycles. The van der Waals surface area contributed by atoms with E-state index in [0.29, 0.717) is 11.3 Å².